The average Bonchev–Trinajstić information content (AvgIpc) is 2.09. The Labute approximate surface area is 71.8 Å². The van der Waals surface area contributed by atoms with Crippen molar-refractivity contribution in [3.63, 3.8) is 0 Å². The molecule has 66 valence electrons. The van der Waals surface area contributed by atoms with E-state index in [1.165, 1.54) is 0 Å². The van der Waals surface area contributed by atoms with Gasteiger partial charge in [0, 0.05) is 39.0 Å². The second kappa shape index (κ2) is 3.90. The molecule has 1 amide bonds. The number of hydrogen-bond acceptors (Lipinski definition) is 3. The van der Waals surface area contributed by atoms with Crippen LogP contribution in [-0.4, -0.2) is 32.8 Å². The maximum Gasteiger partial charge on any atom is 0.254 e. The predicted octanol–water partition coefficient (Wildman–Crippen LogP) is -0.320. The lowest BCUT2D eigenvalue weighted by Crippen LogP contribution is -2.35. The van der Waals surface area contributed by atoms with Crippen molar-refractivity contribution in [1.29, 1.82) is 0 Å². The Kier molecular flexibility index (Phi) is 2.85. The van der Waals surface area contributed by atoms with Crippen LogP contribution in [-0.2, 0) is 4.79 Å². The molecule has 0 atom stereocenters. The van der Waals surface area contributed by atoms with Gasteiger partial charge in [0.2, 0.25) is 0 Å². The van der Waals surface area contributed by atoms with Crippen LogP contribution >= 0.6 is 0 Å². The normalized spacial score (nSPS) is 18.3. The Morgan fingerprint density at radius 1 is 1.67 bits per heavy atom. The Morgan fingerprint density at radius 2 is 2.42 bits per heavy atom. The summed E-state index contributed by atoms with van der Waals surface area (Å²) in [5.74, 6) is -0.0452. The fourth-order valence-corrected chi connectivity index (χ4v) is 1.19. The number of hydrogen-bond donors (Lipinski definition) is 2. The van der Waals surface area contributed by atoms with Gasteiger partial charge in [0.25, 0.3) is 5.91 Å². The van der Waals surface area contributed by atoms with Crippen LogP contribution in [0.3, 0.4) is 0 Å². The molecule has 12 heavy (non-hydrogen) atoms. The second-order valence-corrected chi connectivity index (χ2v) is 2.54. The zero-order valence-electron chi connectivity index (χ0n) is 7.35. The average molecular weight is 167 g/mol. The van der Waals surface area contributed by atoms with E-state index >= 15 is 0 Å². The van der Waals surface area contributed by atoms with Crippen molar-refractivity contribution < 1.29 is 4.79 Å². The van der Waals surface area contributed by atoms with Crippen LogP contribution in [0.15, 0.2) is 16.3 Å². The van der Waals surface area contributed by atoms with Gasteiger partial charge in [-0.05, 0) is 0 Å². The summed E-state index contributed by atoms with van der Waals surface area (Å²) in [6.45, 7) is 0.704. The highest BCUT2D eigenvalue weighted by Crippen LogP contribution is 2.07. The lowest BCUT2D eigenvalue weighted by Gasteiger charge is -2.17. The Hall–Kier alpha value is -1.32. The van der Waals surface area contributed by atoms with Crippen LogP contribution in [0.2, 0.25) is 0 Å². The fraction of sp³-hybridized carbons (Fsp3) is 0.500. The number of aliphatic imine (C=N–C) groups is 1. The van der Waals surface area contributed by atoms with Crippen molar-refractivity contribution in [2.45, 2.75) is 6.42 Å². The third-order valence-corrected chi connectivity index (χ3v) is 1.79. The molecule has 0 saturated heterocycles. The summed E-state index contributed by atoms with van der Waals surface area (Å²) in [7, 11) is 3.47. The van der Waals surface area contributed by atoms with Crippen molar-refractivity contribution in [2.75, 3.05) is 20.6 Å². The van der Waals surface area contributed by atoms with E-state index in [0.717, 1.165) is 12.1 Å². The van der Waals surface area contributed by atoms with Gasteiger partial charge in [-0.15, -0.1) is 0 Å². The summed E-state index contributed by atoms with van der Waals surface area (Å²) in [5, 5.41) is 5.75. The standard InChI is InChI=1S/C8H13N3O/c1-9-5-6-7(10-2)3-4-11-8(6)12/h5,10H,3-4H2,1-2H3,(H,11,12). The lowest BCUT2D eigenvalue weighted by molar-refractivity contribution is -0.117. The molecule has 1 aliphatic heterocycles. The van der Waals surface area contributed by atoms with Crippen LogP contribution in [0.5, 0.6) is 0 Å². The van der Waals surface area contributed by atoms with Gasteiger partial charge in [-0.2, -0.15) is 0 Å². The first-order valence-electron chi connectivity index (χ1n) is 3.91. The summed E-state index contributed by atoms with van der Waals surface area (Å²) < 4.78 is 0. The van der Waals surface area contributed by atoms with Gasteiger partial charge >= 0.3 is 0 Å². The topological polar surface area (TPSA) is 53.5 Å². The summed E-state index contributed by atoms with van der Waals surface area (Å²) >= 11 is 0. The first-order valence-corrected chi connectivity index (χ1v) is 3.91. The van der Waals surface area contributed by atoms with Gasteiger partial charge in [0.15, 0.2) is 0 Å². The molecule has 1 heterocycles. The third kappa shape index (κ3) is 1.64. The summed E-state index contributed by atoms with van der Waals surface area (Å²) in [4.78, 5) is 15.1. The number of amides is 1. The highest BCUT2D eigenvalue weighted by molar-refractivity contribution is 6.13. The highest BCUT2D eigenvalue weighted by atomic mass is 16.1. The number of carbonyl (C=O) groups excluding carboxylic acids is 1. The van der Waals surface area contributed by atoms with E-state index in [4.69, 9.17) is 0 Å². The minimum atomic E-state index is -0.0452. The molecule has 0 unspecified atom stereocenters. The number of nitrogens with zero attached hydrogens (tertiary/aromatic N) is 1. The Bertz CT molecular complexity index is 243. The van der Waals surface area contributed by atoms with Crippen molar-refractivity contribution >= 4 is 12.1 Å². The smallest absolute Gasteiger partial charge is 0.254 e. The van der Waals surface area contributed by atoms with Crippen LogP contribution in [0.4, 0.5) is 0 Å². The SMILES string of the molecule is CN=CC1=C(NC)CCNC1=O. The van der Waals surface area contributed by atoms with Gasteiger partial charge in [0.1, 0.15) is 0 Å². The third-order valence-electron chi connectivity index (χ3n) is 1.79. The molecule has 2 N–H and O–H groups in total. The molecule has 0 aromatic rings. The van der Waals surface area contributed by atoms with Gasteiger partial charge in [-0.25, -0.2) is 0 Å². The minimum Gasteiger partial charge on any atom is -0.391 e. The van der Waals surface area contributed by atoms with Gasteiger partial charge in [-0.3, -0.25) is 9.79 Å². The zero-order valence-corrected chi connectivity index (χ0v) is 7.35. The Morgan fingerprint density at radius 3 is 3.00 bits per heavy atom. The first kappa shape index (κ1) is 8.77. The molecule has 0 bridgehead atoms. The molecule has 0 aromatic heterocycles. The molecule has 0 fully saturated rings. The van der Waals surface area contributed by atoms with Crippen molar-refractivity contribution in [3.8, 4) is 0 Å². The van der Waals surface area contributed by atoms with E-state index in [1.54, 1.807) is 13.3 Å². The second-order valence-electron chi connectivity index (χ2n) is 2.54. The van der Waals surface area contributed by atoms with E-state index in [9.17, 15) is 4.79 Å². The maximum absolute atomic E-state index is 11.3. The van der Waals surface area contributed by atoms with E-state index in [-0.39, 0.29) is 5.91 Å². The predicted molar refractivity (Wildman–Crippen MR) is 48.1 cm³/mol. The summed E-state index contributed by atoms with van der Waals surface area (Å²) in [6.07, 6.45) is 2.43. The van der Waals surface area contributed by atoms with E-state index < -0.39 is 0 Å². The molecular formula is C8H13N3O. The molecule has 0 radical (unpaired) electrons. The number of nitrogens with one attached hydrogen (secondary N) is 2. The molecule has 1 rings (SSSR count). The van der Waals surface area contributed by atoms with Gasteiger partial charge in [-0.1, -0.05) is 0 Å². The fourth-order valence-electron chi connectivity index (χ4n) is 1.19. The van der Waals surface area contributed by atoms with Crippen molar-refractivity contribution in [2.24, 2.45) is 4.99 Å². The van der Waals surface area contributed by atoms with E-state index in [2.05, 4.69) is 15.6 Å². The summed E-state index contributed by atoms with van der Waals surface area (Å²) in [6, 6.07) is 0. The molecule has 0 saturated carbocycles. The van der Waals surface area contributed by atoms with Gasteiger partial charge < -0.3 is 10.6 Å². The zero-order chi connectivity index (χ0) is 8.97. The molecule has 4 nitrogen and oxygen atoms in total. The molecular weight excluding hydrogens is 154 g/mol. The van der Waals surface area contributed by atoms with Crippen LogP contribution in [0.1, 0.15) is 6.42 Å². The number of rotatable bonds is 2. The quantitative estimate of drug-likeness (QED) is 0.554. The van der Waals surface area contributed by atoms with Crippen molar-refractivity contribution in [3.05, 3.63) is 11.3 Å². The monoisotopic (exact) mass is 167 g/mol. The minimum absolute atomic E-state index is 0.0452. The van der Waals surface area contributed by atoms with Crippen LogP contribution in [0.25, 0.3) is 0 Å². The van der Waals surface area contributed by atoms with Crippen LogP contribution < -0.4 is 10.6 Å². The van der Waals surface area contributed by atoms with E-state index in [1.807, 2.05) is 7.05 Å². The van der Waals surface area contributed by atoms with Crippen molar-refractivity contribution in [1.82, 2.24) is 10.6 Å². The van der Waals surface area contributed by atoms with E-state index in [0.29, 0.717) is 12.1 Å². The highest BCUT2D eigenvalue weighted by Gasteiger charge is 2.16. The molecule has 0 aromatic carbocycles. The summed E-state index contributed by atoms with van der Waals surface area (Å²) in [5.41, 5.74) is 1.61. The molecule has 4 heteroatoms. The first-order chi connectivity index (χ1) is 5.79. The lowest BCUT2D eigenvalue weighted by atomic mass is 10.1. The largest absolute Gasteiger partial charge is 0.391 e. The Balaban J connectivity index is 2.95. The van der Waals surface area contributed by atoms with Gasteiger partial charge in [0.05, 0.1) is 5.57 Å². The molecule has 0 spiro atoms. The molecule has 0 aliphatic carbocycles. The van der Waals surface area contributed by atoms with Crippen LogP contribution in [0, 0.1) is 0 Å². The number of carbonyl (C=O) groups is 1. The maximum atomic E-state index is 11.3. The molecule has 1 aliphatic rings.